The molecule has 0 spiro atoms. The van der Waals surface area contributed by atoms with E-state index in [4.69, 9.17) is 11.6 Å². The quantitative estimate of drug-likeness (QED) is 0.819. The van der Waals surface area contributed by atoms with Crippen LogP contribution in [0.4, 0.5) is 0 Å². The van der Waals surface area contributed by atoms with Crippen LogP contribution in [0.15, 0.2) is 36.4 Å². The van der Waals surface area contributed by atoms with Gasteiger partial charge in [-0.1, -0.05) is 62.7 Å². The first kappa shape index (κ1) is 13.4. The second-order valence-corrected chi connectivity index (χ2v) is 6.18. The molecule has 0 heterocycles. The molecule has 0 aliphatic heterocycles. The van der Waals surface area contributed by atoms with Gasteiger partial charge in [-0.05, 0) is 29.5 Å². The van der Waals surface area contributed by atoms with Crippen molar-refractivity contribution in [2.75, 3.05) is 7.05 Å². The monoisotopic (exact) mass is 261 g/mol. The van der Waals surface area contributed by atoms with Crippen molar-refractivity contribution in [3.05, 3.63) is 47.0 Å². The zero-order chi connectivity index (χ0) is 13.3. The molecular weight excluding hydrogens is 242 g/mol. The third-order valence-corrected chi connectivity index (χ3v) is 3.70. The summed E-state index contributed by atoms with van der Waals surface area (Å²) in [6.45, 7) is 6.74. The molecule has 0 amide bonds. The molecule has 0 radical (unpaired) electrons. The molecule has 18 heavy (non-hydrogen) atoms. The average molecular weight is 262 g/mol. The van der Waals surface area contributed by atoms with Gasteiger partial charge in [-0.3, -0.25) is 0 Å². The van der Waals surface area contributed by atoms with Gasteiger partial charge in [-0.2, -0.15) is 0 Å². The van der Waals surface area contributed by atoms with Crippen LogP contribution in [0.1, 0.15) is 32.4 Å². The first-order valence-electron chi connectivity index (χ1n) is 6.29. The van der Waals surface area contributed by atoms with Gasteiger partial charge in [0.05, 0.1) is 0 Å². The van der Waals surface area contributed by atoms with Crippen molar-refractivity contribution in [2.24, 2.45) is 5.41 Å². The minimum atomic E-state index is 0.158. The number of hydrogen-bond acceptors (Lipinski definition) is 1. The summed E-state index contributed by atoms with van der Waals surface area (Å²) >= 11 is 6.27. The fourth-order valence-corrected chi connectivity index (χ4v) is 2.82. The smallest absolute Gasteiger partial charge is 0.0484 e. The predicted molar refractivity (Wildman–Crippen MR) is 80.2 cm³/mol. The number of rotatable bonds is 2. The van der Waals surface area contributed by atoms with Crippen LogP contribution in [0, 0.1) is 5.41 Å². The summed E-state index contributed by atoms with van der Waals surface area (Å²) in [7, 11) is 2.01. The lowest BCUT2D eigenvalue weighted by molar-refractivity contribution is 0.288. The summed E-state index contributed by atoms with van der Waals surface area (Å²) in [5.41, 5.74) is 1.47. The van der Waals surface area contributed by atoms with E-state index in [0.29, 0.717) is 6.04 Å². The van der Waals surface area contributed by atoms with Gasteiger partial charge in [0.15, 0.2) is 0 Å². The number of hydrogen-bond donors (Lipinski definition) is 1. The van der Waals surface area contributed by atoms with E-state index >= 15 is 0 Å². The first-order valence-corrected chi connectivity index (χ1v) is 6.67. The van der Waals surface area contributed by atoms with Crippen LogP contribution in [0.5, 0.6) is 0 Å². The Balaban J connectivity index is 2.68. The van der Waals surface area contributed by atoms with Crippen LogP contribution in [0.3, 0.4) is 0 Å². The normalized spacial score (nSPS) is 13.8. The fraction of sp³-hybridized carbons (Fsp3) is 0.375. The topological polar surface area (TPSA) is 12.0 Å². The Morgan fingerprint density at radius 3 is 2.17 bits per heavy atom. The largest absolute Gasteiger partial charge is 0.313 e. The van der Waals surface area contributed by atoms with E-state index < -0.39 is 0 Å². The van der Waals surface area contributed by atoms with E-state index in [1.54, 1.807) is 0 Å². The van der Waals surface area contributed by atoms with Crippen LogP contribution in [0.25, 0.3) is 10.8 Å². The maximum atomic E-state index is 6.27. The van der Waals surface area contributed by atoms with Crippen molar-refractivity contribution in [2.45, 2.75) is 26.8 Å². The Kier molecular flexibility index (Phi) is 3.65. The number of nitrogens with one attached hydrogen (secondary N) is 1. The summed E-state index contributed by atoms with van der Waals surface area (Å²) in [4.78, 5) is 0. The Labute approximate surface area is 114 Å². The van der Waals surface area contributed by atoms with Crippen LogP contribution in [0.2, 0.25) is 5.02 Å². The van der Waals surface area contributed by atoms with Gasteiger partial charge in [0.2, 0.25) is 0 Å². The molecule has 1 unspecified atom stereocenters. The van der Waals surface area contributed by atoms with E-state index in [9.17, 15) is 0 Å². The van der Waals surface area contributed by atoms with Crippen LogP contribution < -0.4 is 5.32 Å². The Morgan fingerprint density at radius 1 is 1.00 bits per heavy atom. The highest BCUT2D eigenvalue weighted by molar-refractivity contribution is 6.35. The van der Waals surface area contributed by atoms with Gasteiger partial charge in [-0.15, -0.1) is 0 Å². The lowest BCUT2D eigenvalue weighted by atomic mass is 9.81. The standard InChI is InChI=1S/C16H20ClN/c1-16(2,3)15(18-4)13-9-10-14(17)12-8-6-5-7-11(12)13/h5-10,15,18H,1-4H3. The number of fused-ring (bicyclic) bond motifs is 1. The summed E-state index contributed by atoms with van der Waals surface area (Å²) in [6, 6.07) is 12.8. The second kappa shape index (κ2) is 4.91. The summed E-state index contributed by atoms with van der Waals surface area (Å²) in [5.74, 6) is 0. The fourth-order valence-electron chi connectivity index (χ4n) is 2.59. The molecule has 96 valence electrons. The van der Waals surface area contributed by atoms with Gasteiger partial charge < -0.3 is 5.32 Å². The number of halogens is 1. The lowest BCUT2D eigenvalue weighted by Gasteiger charge is -2.31. The Hall–Kier alpha value is -1.05. The van der Waals surface area contributed by atoms with Crippen molar-refractivity contribution in [3.63, 3.8) is 0 Å². The molecule has 1 nitrogen and oxygen atoms in total. The third-order valence-electron chi connectivity index (χ3n) is 3.37. The van der Waals surface area contributed by atoms with E-state index in [1.165, 1.54) is 10.9 Å². The van der Waals surface area contributed by atoms with E-state index in [-0.39, 0.29) is 5.41 Å². The second-order valence-electron chi connectivity index (χ2n) is 5.77. The zero-order valence-electron chi connectivity index (χ0n) is 11.4. The van der Waals surface area contributed by atoms with Gasteiger partial charge in [0, 0.05) is 16.5 Å². The molecule has 0 saturated heterocycles. The Morgan fingerprint density at radius 2 is 1.61 bits per heavy atom. The maximum absolute atomic E-state index is 6.27. The molecule has 0 fully saturated rings. The first-order chi connectivity index (χ1) is 8.45. The highest BCUT2D eigenvalue weighted by atomic mass is 35.5. The highest BCUT2D eigenvalue weighted by Crippen LogP contribution is 2.37. The molecule has 0 aromatic heterocycles. The van der Waals surface area contributed by atoms with Crippen molar-refractivity contribution < 1.29 is 0 Å². The molecule has 0 bridgehead atoms. The maximum Gasteiger partial charge on any atom is 0.0484 e. The molecule has 0 aliphatic carbocycles. The van der Waals surface area contributed by atoms with Gasteiger partial charge in [-0.25, -0.2) is 0 Å². The molecule has 2 heteroatoms. The molecule has 2 rings (SSSR count). The molecular formula is C16H20ClN. The molecule has 0 aliphatic rings. The molecule has 1 atom stereocenters. The Bertz CT molecular complexity index is 555. The molecule has 2 aromatic rings. The van der Waals surface area contributed by atoms with Gasteiger partial charge >= 0.3 is 0 Å². The minimum absolute atomic E-state index is 0.158. The van der Waals surface area contributed by atoms with Gasteiger partial charge in [0.1, 0.15) is 0 Å². The summed E-state index contributed by atoms with van der Waals surface area (Å²) in [6.07, 6.45) is 0. The number of benzene rings is 2. The van der Waals surface area contributed by atoms with E-state index in [0.717, 1.165) is 10.4 Å². The third kappa shape index (κ3) is 2.38. The highest BCUT2D eigenvalue weighted by Gasteiger charge is 2.26. The minimum Gasteiger partial charge on any atom is -0.313 e. The van der Waals surface area contributed by atoms with Crippen LogP contribution in [-0.2, 0) is 0 Å². The van der Waals surface area contributed by atoms with Crippen molar-refractivity contribution in [3.8, 4) is 0 Å². The predicted octanol–water partition coefficient (Wildman–Crippen LogP) is 4.80. The molecule has 0 saturated carbocycles. The van der Waals surface area contributed by atoms with Crippen LogP contribution in [-0.4, -0.2) is 7.05 Å². The van der Waals surface area contributed by atoms with Crippen LogP contribution >= 0.6 is 11.6 Å². The summed E-state index contributed by atoms with van der Waals surface area (Å²) < 4.78 is 0. The van der Waals surface area contributed by atoms with E-state index in [1.807, 2.05) is 19.2 Å². The SMILES string of the molecule is CNC(c1ccc(Cl)c2ccccc12)C(C)(C)C. The van der Waals surface area contributed by atoms with Gasteiger partial charge in [0.25, 0.3) is 0 Å². The van der Waals surface area contributed by atoms with Crippen molar-refractivity contribution in [1.82, 2.24) is 5.32 Å². The lowest BCUT2D eigenvalue weighted by Crippen LogP contribution is -2.29. The molecule has 2 aromatic carbocycles. The zero-order valence-corrected chi connectivity index (χ0v) is 12.2. The average Bonchev–Trinajstić information content (AvgIpc) is 2.32. The summed E-state index contributed by atoms with van der Waals surface area (Å²) in [5, 5.41) is 6.61. The van der Waals surface area contributed by atoms with Crippen molar-refractivity contribution in [1.29, 1.82) is 0 Å². The van der Waals surface area contributed by atoms with E-state index in [2.05, 4.69) is 50.4 Å². The van der Waals surface area contributed by atoms with Crippen molar-refractivity contribution >= 4 is 22.4 Å². The molecule has 1 N–H and O–H groups in total.